The molecule has 0 unspecified atom stereocenters. The van der Waals surface area contributed by atoms with Gasteiger partial charge < -0.3 is 0 Å². The SMILES string of the molecule is C=Cc1cc(CF)cc(CF)c1. The molecule has 1 rings (SSSR count). The molecule has 0 amide bonds. The van der Waals surface area contributed by atoms with E-state index < -0.39 is 13.3 Å². The van der Waals surface area contributed by atoms with E-state index in [4.69, 9.17) is 0 Å². The van der Waals surface area contributed by atoms with Crippen molar-refractivity contribution in [2.24, 2.45) is 0 Å². The lowest BCUT2D eigenvalue weighted by Gasteiger charge is -2.01. The number of hydrogen-bond donors (Lipinski definition) is 0. The molecule has 12 heavy (non-hydrogen) atoms. The Morgan fingerprint density at radius 3 is 1.92 bits per heavy atom. The van der Waals surface area contributed by atoms with Crippen molar-refractivity contribution in [1.82, 2.24) is 0 Å². The van der Waals surface area contributed by atoms with E-state index in [1.807, 2.05) is 0 Å². The van der Waals surface area contributed by atoms with Gasteiger partial charge in [0.2, 0.25) is 0 Å². The van der Waals surface area contributed by atoms with Crippen molar-refractivity contribution in [2.75, 3.05) is 0 Å². The maximum Gasteiger partial charge on any atom is 0.115 e. The molecule has 0 nitrogen and oxygen atoms in total. The first-order chi connectivity index (χ1) is 5.80. The van der Waals surface area contributed by atoms with Crippen molar-refractivity contribution in [3.05, 3.63) is 41.5 Å². The van der Waals surface area contributed by atoms with Gasteiger partial charge in [0.15, 0.2) is 0 Å². The normalized spacial score (nSPS) is 9.83. The van der Waals surface area contributed by atoms with Gasteiger partial charge in [-0.3, -0.25) is 0 Å². The van der Waals surface area contributed by atoms with Crippen LogP contribution in [0.3, 0.4) is 0 Å². The second kappa shape index (κ2) is 4.00. The molecule has 0 aliphatic rings. The first-order valence-electron chi connectivity index (χ1n) is 3.67. The van der Waals surface area contributed by atoms with E-state index in [-0.39, 0.29) is 0 Å². The van der Waals surface area contributed by atoms with Crippen LogP contribution in [0.4, 0.5) is 8.78 Å². The first kappa shape index (κ1) is 8.91. The van der Waals surface area contributed by atoms with Gasteiger partial charge in [0.05, 0.1) is 0 Å². The minimum Gasteiger partial charge on any atom is -0.246 e. The zero-order valence-electron chi connectivity index (χ0n) is 6.69. The van der Waals surface area contributed by atoms with Gasteiger partial charge in [0.25, 0.3) is 0 Å². The van der Waals surface area contributed by atoms with Crippen LogP contribution in [0, 0.1) is 0 Å². The van der Waals surface area contributed by atoms with Crippen LogP contribution in [0.25, 0.3) is 6.08 Å². The summed E-state index contributed by atoms with van der Waals surface area (Å²) < 4.78 is 24.4. The van der Waals surface area contributed by atoms with Crippen LogP contribution >= 0.6 is 0 Å². The molecule has 0 heterocycles. The molecule has 0 fully saturated rings. The largest absolute Gasteiger partial charge is 0.246 e. The molecule has 0 N–H and O–H groups in total. The lowest BCUT2D eigenvalue weighted by atomic mass is 10.1. The number of alkyl halides is 2. The molecule has 0 aliphatic carbocycles. The fraction of sp³-hybridized carbons (Fsp3) is 0.200. The van der Waals surface area contributed by atoms with E-state index in [9.17, 15) is 8.78 Å². The third-order valence-corrected chi connectivity index (χ3v) is 1.62. The average molecular weight is 168 g/mol. The maximum atomic E-state index is 12.2. The predicted octanol–water partition coefficient (Wildman–Crippen LogP) is 3.27. The minimum atomic E-state index is -0.561. The molecule has 0 saturated carbocycles. The fourth-order valence-electron chi connectivity index (χ4n) is 1.06. The summed E-state index contributed by atoms with van der Waals surface area (Å²) in [4.78, 5) is 0. The summed E-state index contributed by atoms with van der Waals surface area (Å²) in [7, 11) is 0. The van der Waals surface area contributed by atoms with Crippen LogP contribution in [0.15, 0.2) is 24.8 Å². The van der Waals surface area contributed by atoms with E-state index in [1.54, 1.807) is 18.2 Å². The van der Waals surface area contributed by atoms with Gasteiger partial charge in [-0.1, -0.05) is 18.7 Å². The molecular formula is C10H10F2. The van der Waals surface area contributed by atoms with Gasteiger partial charge in [-0.05, 0) is 28.8 Å². The smallest absolute Gasteiger partial charge is 0.115 e. The quantitative estimate of drug-likeness (QED) is 0.649. The molecule has 0 bridgehead atoms. The highest BCUT2D eigenvalue weighted by Crippen LogP contribution is 2.13. The Balaban J connectivity index is 3.09. The summed E-state index contributed by atoms with van der Waals surface area (Å²) in [5, 5.41) is 0. The van der Waals surface area contributed by atoms with E-state index in [0.717, 1.165) is 5.56 Å². The molecule has 0 saturated heterocycles. The molecule has 0 aromatic heterocycles. The topological polar surface area (TPSA) is 0 Å². The zero-order valence-corrected chi connectivity index (χ0v) is 6.69. The van der Waals surface area contributed by atoms with Gasteiger partial charge in [-0.25, -0.2) is 8.78 Å². The average Bonchev–Trinajstić information content (AvgIpc) is 2.16. The van der Waals surface area contributed by atoms with E-state index >= 15 is 0 Å². The van der Waals surface area contributed by atoms with Crippen molar-refractivity contribution < 1.29 is 8.78 Å². The number of halogens is 2. The highest BCUT2D eigenvalue weighted by molar-refractivity contribution is 5.49. The number of rotatable bonds is 3. The van der Waals surface area contributed by atoms with Gasteiger partial charge in [-0.15, -0.1) is 0 Å². The maximum absolute atomic E-state index is 12.2. The van der Waals surface area contributed by atoms with E-state index in [0.29, 0.717) is 11.1 Å². The predicted molar refractivity (Wildman–Crippen MR) is 46.2 cm³/mol. The third kappa shape index (κ3) is 1.91. The highest BCUT2D eigenvalue weighted by atomic mass is 19.1. The molecule has 0 radical (unpaired) electrons. The molecule has 0 atom stereocenters. The molecule has 1 aromatic rings. The molecule has 1 aromatic carbocycles. The van der Waals surface area contributed by atoms with Crippen molar-refractivity contribution in [3.8, 4) is 0 Å². The van der Waals surface area contributed by atoms with Crippen molar-refractivity contribution in [2.45, 2.75) is 13.3 Å². The standard InChI is InChI=1S/C10H10F2/c1-2-8-3-9(6-11)5-10(4-8)7-12/h2-5H,1,6-7H2. The lowest BCUT2D eigenvalue weighted by molar-refractivity contribution is 0.475. The Hall–Kier alpha value is -1.18. The minimum absolute atomic E-state index is 0.500. The van der Waals surface area contributed by atoms with E-state index in [2.05, 4.69) is 6.58 Å². The number of hydrogen-bond acceptors (Lipinski definition) is 0. The molecule has 2 heteroatoms. The second-order valence-corrected chi connectivity index (χ2v) is 2.55. The third-order valence-electron chi connectivity index (χ3n) is 1.62. The first-order valence-corrected chi connectivity index (χ1v) is 3.67. The highest BCUT2D eigenvalue weighted by Gasteiger charge is 1.98. The van der Waals surface area contributed by atoms with Crippen LogP contribution in [0.1, 0.15) is 16.7 Å². The van der Waals surface area contributed by atoms with Crippen molar-refractivity contribution in [1.29, 1.82) is 0 Å². The zero-order chi connectivity index (χ0) is 8.97. The Bertz CT molecular complexity index is 257. The van der Waals surface area contributed by atoms with Crippen molar-refractivity contribution >= 4 is 6.08 Å². The summed E-state index contributed by atoms with van der Waals surface area (Å²) >= 11 is 0. The second-order valence-electron chi connectivity index (χ2n) is 2.55. The van der Waals surface area contributed by atoms with Gasteiger partial charge >= 0.3 is 0 Å². The molecular weight excluding hydrogens is 158 g/mol. The van der Waals surface area contributed by atoms with Crippen LogP contribution in [-0.4, -0.2) is 0 Å². The summed E-state index contributed by atoms with van der Waals surface area (Å²) in [6, 6.07) is 4.84. The Morgan fingerprint density at radius 1 is 1.08 bits per heavy atom. The summed E-state index contributed by atoms with van der Waals surface area (Å²) in [6.07, 6.45) is 1.58. The van der Waals surface area contributed by atoms with Gasteiger partial charge in [0.1, 0.15) is 13.3 Å². The van der Waals surface area contributed by atoms with Crippen LogP contribution in [-0.2, 0) is 13.3 Å². The Labute approximate surface area is 70.5 Å². The van der Waals surface area contributed by atoms with E-state index in [1.165, 1.54) is 6.07 Å². The van der Waals surface area contributed by atoms with Gasteiger partial charge in [-0.2, -0.15) is 0 Å². The van der Waals surface area contributed by atoms with Crippen LogP contribution in [0.5, 0.6) is 0 Å². The summed E-state index contributed by atoms with van der Waals surface area (Å²) in [6.45, 7) is 2.42. The fourth-order valence-corrected chi connectivity index (χ4v) is 1.06. The number of benzene rings is 1. The molecule has 0 aliphatic heterocycles. The summed E-state index contributed by atoms with van der Waals surface area (Å²) in [5.74, 6) is 0. The molecule has 64 valence electrons. The summed E-state index contributed by atoms with van der Waals surface area (Å²) in [5.41, 5.74) is 1.76. The van der Waals surface area contributed by atoms with Gasteiger partial charge in [0, 0.05) is 0 Å². The Kier molecular flexibility index (Phi) is 2.97. The monoisotopic (exact) mass is 168 g/mol. The van der Waals surface area contributed by atoms with Crippen LogP contribution < -0.4 is 0 Å². The van der Waals surface area contributed by atoms with Crippen LogP contribution in [0.2, 0.25) is 0 Å². The molecule has 0 spiro atoms. The van der Waals surface area contributed by atoms with Crippen molar-refractivity contribution in [3.63, 3.8) is 0 Å². The lowest BCUT2D eigenvalue weighted by Crippen LogP contribution is -1.86. The Morgan fingerprint density at radius 2 is 1.58 bits per heavy atom.